The van der Waals surface area contributed by atoms with E-state index in [1.54, 1.807) is 7.11 Å². The van der Waals surface area contributed by atoms with Crippen molar-refractivity contribution in [3.8, 4) is 17.0 Å². The molecule has 0 spiro atoms. The highest BCUT2D eigenvalue weighted by molar-refractivity contribution is 5.63. The first-order chi connectivity index (χ1) is 8.76. The van der Waals surface area contributed by atoms with Crippen molar-refractivity contribution in [2.45, 2.75) is 6.42 Å². The third-order valence-electron chi connectivity index (χ3n) is 3.01. The highest BCUT2D eigenvalue weighted by Gasteiger charge is 2.11. The largest absolute Gasteiger partial charge is 0.497 e. The summed E-state index contributed by atoms with van der Waals surface area (Å²) in [7, 11) is 5.67. The van der Waals surface area contributed by atoms with Crippen molar-refractivity contribution in [1.29, 1.82) is 0 Å². The Bertz CT molecular complexity index is 520. The lowest BCUT2D eigenvalue weighted by atomic mass is 10.1. The number of hydrogen-bond donors (Lipinski definition) is 1. The van der Waals surface area contributed by atoms with Gasteiger partial charge in [0.2, 0.25) is 0 Å². The van der Waals surface area contributed by atoms with Crippen LogP contribution in [0.15, 0.2) is 30.6 Å². The van der Waals surface area contributed by atoms with Crippen LogP contribution in [-0.4, -0.2) is 30.3 Å². The van der Waals surface area contributed by atoms with E-state index >= 15 is 0 Å². The number of ether oxygens (including phenoxy) is 1. The summed E-state index contributed by atoms with van der Waals surface area (Å²) in [5, 5.41) is 3.17. The lowest BCUT2D eigenvalue weighted by Gasteiger charge is -2.07. The molecule has 0 saturated carbocycles. The number of methoxy groups -OCH3 is 1. The van der Waals surface area contributed by atoms with Gasteiger partial charge in [0.05, 0.1) is 19.1 Å². The number of rotatable bonds is 5. The van der Waals surface area contributed by atoms with Gasteiger partial charge in [-0.1, -0.05) is 12.1 Å². The summed E-state index contributed by atoms with van der Waals surface area (Å²) in [6, 6.07) is 8.02. The lowest BCUT2D eigenvalue weighted by molar-refractivity contribution is 0.415. The van der Waals surface area contributed by atoms with E-state index in [0.717, 1.165) is 30.0 Å². The summed E-state index contributed by atoms with van der Waals surface area (Å²) in [5.74, 6) is 0.859. The molecule has 2 aromatic rings. The minimum atomic E-state index is 0.859. The van der Waals surface area contributed by atoms with Crippen molar-refractivity contribution >= 4 is 0 Å². The van der Waals surface area contributed by atoms with E-state index < -0.39 is 0 Å². The van der Waals surface area contributed by atoms with Gasteiger partial charge in [0, 0.05) is 31.3 Å². The molecule has 0 amide bonds. The molecule has 1 aromatic heterocycles. The Hall–Kier alpha value is -1.81. The highest BCUT2D eigenvalue weighted by atomic mass is 16.5. The predicted octanol–water partition coefficient (Wildman–Crippen LogP) is 1.86. The van der Waals surface area contributed by atoms with Crippen LogP contribution in [0.4, 0.5) is 0 Å². The molecular weight excluding hydrogens is 226 g/mol. The third kappa shape index (κ3) is 2.54. The molecule has 4 nitrogen and oxygen atoms in total. The zero-order valence-electron chi connectivity index (χ0n) is 11.1. The maximum Gasteiger partial charge on any atom is 0.119 e. The minimum Gasteiger partial charge on any atom is -0.497 e. The Labute approximate surface area is 108 Å². The monoisotopic (exact) mass is 245 g/mol. The molecule has 0 bridgehead atoms. The van der Waals surface area contributed by atoms with Crippen LogP contribution < -0.4 is 10.1 Å². The summed E-state index contributed by atoms with van der Waals surface area (Å²) in [4.78, 5) is 4.49. The quantitative estimate of drug-likeness (QED) is 0.874. The summed E-state index contributed by atoms with van der Waals surface area (Å²) in [5.41, 5.74) is 3.37. The van der Waals surface area contributed by atoms with Gasteiger partial charge < -0.3 is 14.6 Å². The van der Waals surface area contributed by atoms with Crippen LogP contribution in [-0.2, 0) is 13.5 Å². The molecule has 0 atom stereocenters. The number of nitrogens with zero attached hydrogens (tertiary/aromatic N) is 2. The molecule has 2 rings (SSSR count). The molecule has 0 unspecified atom stereocenters. The SMILES string of the molecule is CNCCc1c(-c2cccc(OC)c2)ncn1C. The Morgan fingerprint density at radius 1 is 1.39 bits per heavy atom. The fraction of sp³-hybridized carbons (Fsp3) is 0.357. The number of aromatic nitrogens is 2. The molecule has 0 aliphatic rings. The van der Waals surface area contributed by atoms with Crippen molar-refractivity contribution in [3.63, 3.8) is 0 Å². The van der Waals surface area contributed by atoms with Gasteiger partial charge in [-0.2, -0.15) is 0 Å². The van der Waals surface area contributed by atoms with Crippen LogP contribution in [0.25, 0.3) is 11.3 Å². The molecule has 0 aliphatic carbocycles. The normalized spacial score (nSPS) is 10.6. The first kappa shape index (κ1) is 12.6. The number of likely N-dealkylation sites (N-methyl/N-ethyl adjacent to an activating group) is 1. The average Bonchev–Trinajstić information content (AvgIpc) is 2.77. The van der Waals surface area contributed by atoms with Gasteiger partial charge in [-0.25, -0.2) is 4.98 Å². The molecule has 1 heterocycles. The van der Waals surface area contributed by atoms with E-state index in [2.05, 4.69) is 20.9 Å². The Morgan fingerprint density at radius 3 is 2.94 bits per heavy atom. The van der Waals surface area contributed by atoms with Crippen molar-refractivity contribution in [2.24, 2.45) is 7.05 Å². The van der Waals surface area contributed by atoms with E-state index in [1.165, 1.54) is 5.69 Å². The summed E-state index contributed by atoms with van der Waals surface area (Å²) < 4.78 is 7.33. The van der Waals surface area contributed by atoms with Crippen LogP contribution >= 0.6 is 0 Å². The maximum atomic E-state index is 5.26. The molecule has 0 aliphatic heterocycles. The topological polar surface area (TPSA) is 39.1 Å². The van der Waals surface area contributed by atoms with E-state index in [4.69, 9.17) is 4.74 Å². The number of imidazole rings is 1. The maximum absolute atomic E-state index is 5.26. The second-order valence-corrected chi connectivity index (χ2v) is 4.24. The van der Waals surface area contributed by atoms with Crippen LogP contribution in [0.5, 0.6) is 5.75 Å². The lowest BCUT2D eigenvalue weighted by Crippen LogP contribution is -2.12. The Morgan fingerprint density at radius 2 is 2.22 bits per heavy atom. The van der Waals surface area contributed by atoms with Gasteiger partial charge in [-0.05, 0) is 19.2 Å². The Balaban J connectivity index is 2.37. The van der Waals surface area contributed by atoms with Crippen LogP contribution in [0.1, 0.15) is 5.69 Å². The van der Waals surface area contributed by atoms with E-state index in [-0.39, 0.29) is 0 Å². The van der Waals surface area contributed by atoms with Gasteiger partial charge in [-0.3, -0.25) is 0 Å². The highest BCUT2D eigenvalue weighted by Crippen LogP contribution is 2.25. The van der Waals surface area contributed by atoms with Crippen LogP contribution in [0.2, 0.25) is 0 Å². The predicted molar refractivity (Wildman–Crippen MR) is 72.8 cm³/mol. The first-order valence-electron chi connectivity index (χ1n) is 6.05. The van der Waals surface area contributed by atoms with Crippen molar-refractivity contribution < 1.29 is 4.74 Å². The second-order valence-electron chi connectivity index (χ2n) is 4.24. The fourth-order valence-electron chi connectivity index (χ4n) is 2.01. The molecule has 18 heavy (non-hydrogen) atoms. The molecule has 0 radical (unpaired) electrons. The van der Waals surface area contributed by atoms with Crippen molar-refractivity contribution in [3.05, 3.63) is 36.3 Å². The van der Waals surface area contributed by atoms with E-state index in [1.807, 2.05) is 38.6 Å². The van der Waals surface area contributed by atoms with Gasteiger partial charge in [-0.15, -0.1) is 0 Å². The summed E-state index contributed by atoms with van der Waals surface area (Å²) >= 11 is 0. The van der Waals surface area contributed by atoms with Gasteiger partial charge >= 0.3 is 0 Å². The average molecular weight is 245 g/mol. The van der Waals surface area contributed by atoms with Gasteiger partial charge in [0.25, 0.3) is 0 Å². The van der Waals surface area contributed by atoms with Crippen molar-refractivity contribution in [2.75, 3.05) is 20.7 Å². The molecular formula is C14H19N3O. The molecule has 1 N–H and O–H groups in total. The van der Waals surface area contributed by atoms with E-state index in [0.29, 0.717) is 0 Å². The second kappa shape index (κ2) is 5.69. The van der Waals surface area contributed by atoms with Crippen LogP contribution in [0, 0.1) is 0 Å². The molecule has 0 saturated heterocycles. The minimum absolute atomic E-state index is 0.859. The third-order valence-corrected chi connectivity index (χ3v) is 3.01. The molecule has 96 valence electrons. The Kier molecular flexibility index (Phi) is 3.99. The number of aryl methyl sites for hydroxylation is 1. The summed E-state index contributed by atoms with van der Waals surface area (Å²) in [6.45, 7) is 0.941. The zero-order chi connectivity index (χ0) is 13.0. The van der Waals surface area contributed by atoms with Gasteiger partial charge in [0.1, 0.15) is 5.75 Å². The number of hydrogen-bond acceptors (Lipinski definition) is 3. The standard InChI is InChI=1S/C14H19N3O/c1-15-8-7-13-14(16-10-17(13)2)11-5-4-6-12(9-11)18-3/h4-6,9-10,15H,7-8H2,1-3H3. The summed E-state index contributed by atoms with van der Waals surface area (Å²) in [6.07, 6.45) is 2.82. The van der Waals surface area contributed by atoms with Crippen molar-refractivity contribution in [1.82, 2.24) is 14.9 Å². The van der Waals surface area contributed by atoms with Gasteiger partial charge in [0.15, 0.2) is 0 Å². The molecule has 0 fully saturated rings. The number of benzene rings is 1. The first-order valence-corrected chi connectivity index (χ1v) is 6.05. The zero-order valence-corrected chi connectivity index (χ0v) is 11.1. The number of nitrogens with one attached hydrogen (secondary N) is 1. The van der Waals surface area contributed by atoms with E-state index in [9.17, 15) is 0 Å². The smallest absolute Gasteiger partial charge is 0.119 e. The molecule has 4 heteroatoms. The molecule has 1 aromatic carbocycles. The van der Waals surface area contributed by atoms with Crippen LogP contribution in [0.3, 0.4) is 0 Å². The fourth-order valence-corrected chi connectivity index (χ4v) is 2.01.